The molecule has 0 amide bonds. The van der Waals surface area contributed by atoms with Crippen LogP contribution >= 0.6 is 0 Å². The van der Waals surface area contributed by atoms with Crippen molar-refractivity contribution in [2.75, 3.05) is 6.54 Å². The van der Waals surface area contributed by atoms with Gasteiger partial charge in [0.05, 0.1) is 5.56 Å². The number of unbranched alkanes of at least 4 members (excludes halogenated alkanes) is 3. The fourth-order valence-electron chi connectivity index (χ4n) is 2.15. The number of carboxylic acid groups (broad SMARTS) is 1. The maximum atomic E-state index is 10.7. The summed E-state index contributed by atoms with van der Waals surface area (Å²) >= 11 is 0. The number of hydrogen-bond acceptors (Lipinski definition) is 2. The lowest BCUT2D eigenvalue weighted by Gasteiger charge is -2.06. The molecule has 1 aromatic rings. The number of carboxylic acids is 1. The van der Waals surface area contributed by atoms with Gasteiger partial charge in [-0.15, -0.1) is 0 Å². The second-order valence-electron chi connectivity index (χ2n) is 5.78. The van der Waals surface area contributed by atoms with Gasteiger partial charge in [-0.2, -0.15) is 0 Å². The molecule has 0 unspecified atom stereocenters. The molecule has 0 spiro atoms. The lowest BCUT2D eigenvalue weighted by Crippen LogP contribution is -2.14. The van der Waals surface area contributed by atoms with Gasteiger partial charge in [0.1, 0.15) is 0 Å². The van der Waals surface area contributed by atoms with E-state index in [1.165, 1.54) is 32.1 Å². The molecule has 0 bridgehead atoms. The van der Waals surface area contributed by atoms with Crippen molar-refractivity contribution < 1.29 is 9.90 Å². The molecule has 20 heavy (non-hydrogen) atoms. The standard InChI is InChI=1S/C17H27NO2/c1-14(2)7-5-3-4-6-12-18-13-15-8-10-16(11-9-15)17(19)20/h8-11,14,18H,3-7,12-13H2,1-2H3,(H,19,20). The Bertz CT molecular complexity index is 384. The van der Waals surface area contributed by atoms with E-state index in [0.717, 1.165) is 24.6 Å². The van der Waals surface area contributed by atoms with Crippen LogP contribution in [0.4, 0.5) is 0 Å². The molecule has 0 saturated carbocycles. The first-order chi connectivity index (χ1) is 9.59. The van der Waals surface area contributed by atoms with E-state index in [2.05, 4.69) is 19.2 Å². The van der Waals surface area contributed by atoms with Gasteiger partial charge in [-0.3, -0.25) is 0 Å². The molecule has 1 aromatic carbocycles. The topological polar surface area (TPSA) is 49.3 Å². The Hall–Kier alpha value is -1.35. The number of rotatable bonds is 10. The molecule has 0 fully saturated rings. The highest BCUT2D eigenvalue weighted by Crippen LogP contribution is 2.09. The van der Waals surface area contributed by atoms with Crippen LogP contribution in [0.15, 0.2) is 24.3 Å². The van der Waals surface area contributed by atoms with Gasteiger partial charge < -0.3 is 10.4 Å². The van der Waals surface area contributed by atoms with Gasteiger partial charge in [-0.1, -0.05) is 51.7 Å². The predicted molar refractivity (Wildman–Crippen MR) is 83.0 cm³/mol. The van der Waals surface area contributed by atoms with E-state index < -0.39 is 5.97 Å². The van der Waals surface area contributed by atoms with Gasteiger partial charge in [0.15, 0.2) is 0 Å². The number of benzene rings is 1. The zero-order chi connectivity index (χ0) is 14.8. The average Bonchev–Trinajstić information content (AvgIpc) is 2.42. The van der Waals surface area contributed by atoms with E-state index in [1.54, 1.807) is 12.1 Å². The minimum atomic E-state index is -0.870. The Kier molecular flexibility index (Phi) is 7.97. The zero-order valence-electron chi connectivity index (χ0n) is 12.7. The Balaban J connectivity index is 2.05. The van der Waals surface area contributed by atoms with E-state index >= 15 is 0 Å². The van der Waals surface area contributed by atoms with Crippen LogP contribution in [0.5, 0.6) is 0 Å². The maximum Gasteiger partial charge on any atom is 0.335 e. The molecule has 0 heterocycles. The monoisotopic (exact) mass is 277 g/mol. The van der Waals surface area contributed by atoms with E-state index in [-0.39, 0.29) is 0 Å². The predicted octanol–water partition coefficient (Wildman–Crippen LogP) is 4.08. The third-order valence-electron chi connectivity index (χ3n) is 3.42. The summed E-state index contributed by atoms with van der Waals surface area (Å²) in [6, 6.07) is 7.06. The van der Waals surface area contributed by atoms with Crippen LogP contribution in [0.2, 0.25) is 0 Å². The summed E-state index contributed by atoms with van der Waals surface area (Å²) in [5.41, 5.74) is 1.48. The first-order valence-corrected chi connectivity index (χ1v) is 7.62. The Labute approximate surface area is 122 Å². The van der Waals surface area contributed by atoms with Gasteiger partial charge in [0.25, 0.3) is 0 Å². The normalized spacial score (nSPS) is 10.9. The van der Waals surface area contributed by atoms with Crippen LogP contribution in [0, 0.1) is 5.92 Å². The van der Waals surface area contributed by atoms with Crippen LogP contribution in [0.3, 0.4) is 0 Å². The van der Waals surface area contributed by atoms with Crippen molar-refractivity contribution >= 4 is 5.97 Å². The molecule has 0 aromatic heterocycles. The highest BCUT2D eigenvalue weighted by molar-refractivity contribution is 5.87. The summed E-state index contributed by atoms with van der Waals surface area (Å²) in [5.74, 6) is -0.0483. The highest BCUT2D eigenvalue weighted by Gasteiger charge is 2.01. The van der Waals surface area contributed by atoms with Crippen molar-refractivity contribution in [1.29, 1.82) is 0 Å². The third-order valence-corrected chi connectivity index (χ3v) is 3.42. The lowest BCUT2D eigenvalue weighted by molar-refractivity contribution is 0.0697. The highest BCUT2D eigenvalue weighted by atomic mass is 16.4. The molecule has 112 valence electrons. The summed E-state index contributed by atoms with van der Waals surface area (Å²) in [4.78, 5) is 10.7. The van der Waals surface area contributed by atoms with Crippen molar-refractivity contribution in [3.05, 3.63) is 35.4 Å². The molecule has 0 aliphatic carbocycles. The van der Waals surface area contributed by atoms with E-state index in [1.807, 2.05) is 12.1 Å². The number of carbonyl (C=O) groups is 1. The Morgan fingerprint density at radius 1 is 1.10 bits per heavy atom. The molecular weight excluding hydrogens is 250 g/mol. The first-order valence-electron chi connectivity index (χ1n) is 7.62. The largest absolute Gasteiger partial charge is 0.478 e. The molecular formula is C17H27NO2. The van der Waals surface area contributed by atoms with Crippen molar-refractivity contribution in [2.45, 2.75) is 52.5 Å². The van der Waals surface area contributed by atoms with E-state index in [0.29, 0.717) is 5.56 Å². The maximum absolute atomic E-state index is 10.7. The summed E-state index contributed by atoms with van der Waals surface area (Å²) in [5, 5.41) is 12.2. The van der Waals surface area contributed by atoms with Gasteiger partial charge in [-0.05, 0) is 36.6 Å². The van der Waals surface area contributed by atoms with Gasteiger partial charge >= 0.3 is 5.97 Å². The van der Waals surface area contributed by atoms with Crippen molar-refractivity contribution in [2.24, 2.45) is 5.92 Å². The van der Waals surface area contributed by atoms with Gasteiger partial charge in [-0.25, -0.2) is 4.79 Å². The zero-order valence-corrected chi connectivity index (χ0v) is 12.7. The average molecular weight is 277 g/mol. The second kappa shape index (κ2) is 9.54. The fraction of sp³-hybridized carbons (Fsp3) is 0.588. The van der Waals surface area contributed by atoms with Crippen LogP contribution in [0.25, 0.3) is 0 Å². The molecule has 3 nitrogen and oxygen atoms in total. The summed E-state index contributed by atoms with van der Waals surface area (Å²) < 4.78 is 0. The summed E-state index contributed by atoms with van der Waals surface area (Å²) in [7, 11) is 0. The van der Waals surface area contributed by atoms with Crippen LogP contribution in [-0.4, -0.2) is 17.6 Å². The Morgan fingerprint density at radius 3 is 2.35 bits per heavy atom. The number of hydrogen-bond donors (Lipinski definition) is 2. The number of aromatic carboxylic acids is 1. The summed E-state index contributed by atoms with van der Waals surface area (Å²) in [6.45, 7) is 6.39. The first kappa shape index (κ1) is 16.7. The summed E-state index contributed by atoms with van der Waals surface area (Å²) in [6.07, 6.45) is 6.51. The lowest BCUT2D eigenvalue weighted by atomic mass is 10.0. The Morgan fingerprint density at radius 2 is 1.75 bits per heavy atom. The molecule has 0 aliphatic rings. The molecule has 0 atom stereocenters. The second-order valence-corrected chi connectivity index (χ2v) is 5.78. The van der Waals surface area contributed by atoms with E-state index in [4.69, 9.17) is 5.11 Å². The molecule has 3 heteroatoms. The molecule has 1 rings (SSSR count). The van der Waals surface area contributed by atoms with Gasteiger partial charge in [0, 0.05) is 6.54 Å². The van der Waals surface area contributed by atoms with Gasteiger partial charge in [0.2, 0.25) is 0 Å². The smallest absolute Gasteiger partial charge is 0.335 e. The molecule has 0 radical (unpaired) electrons. The number of nitrogens with one attached hydrogen (secondary N) is 1. The quantitative estimate of drug-likeness (QED) is 0.633. The molecule has 2 N–H and O–H groups in total. The SMILES string of the molecule is CC(C)CCCCCCNCc1ccc(C(=O)O)cc1. The van der Waals surface area contributed by atoms with Crippen molar-refractivity contribution in [3.8, 4) is 0 Å². The minimum Gasteiger partial charge on any atom is -0.478 e. The van der Waals surface area contributed by atoms with Crippen molar-refractivity contribution in [1.82, 2.24) is 5.32 Å². The van der Waals surface area contributed by atoms with Crippen molar-refractivity contribution in [3.63, 3.8) is 0 Å². The van der Waals surface area contributed by atoms with E-state index in [9.17, 15) is 4.79 Å². The molecule has 0 aliphatic heterocycles. The minimum absolute atomic E-state index is 0.346. The fourth-order valence-corrected chi connectivity index (χ4v) is 2.15. The van der Waals surface area contributed by atoms with Crippen LogP contribution in [0.1, 0.15) is 61.9 Å². The third kappa shape index (κ3) is 7.29. The van der Waals surface area contributed by atoms with Crippen LogP contribution < -0.4 is 5.32 Å². The molecule has 0 saturated heterocycles. The van der Waals surface area contributed by atoms with Crippen LogP contribution in [-0.2, 0) is 6.54 Å².